The van der Waals surface area contributed by atoms with Gasteiger partial charge in [-0.15, -0.1) is 0 Å². The van der Waals surface area contributed by atoms with Gasteiger partial charge in [0, 0.05) is 72.7 Å². The Bertz CT molecular complexity index is 1960. The minimum atomic E-state index is 0.122. The third-order valence-electron chi connectivity index (χ3n) is 10.3. The van der Waals surface area contributed by atoms with Crippen LogP contribution in [0.15, 0.2) is 48.8 Å². The van der Waals surface area contributed by atoms with Crippen molar-refractivity contribution in [2.45, 2.75) is 70.5 Å². The van der Waals surface area contributed by atoms with Crippen molar-refractivity contribution >= 4 is 35.0 Å². The molecule has 0 bridgehead atoms. The van der Waals surface area contributed by atoms with Crippen LogP contribution in [0.2, 0.25) is 10.0 Å². The van der Waals surface area contributed by atoms with Gasteiger partial charge in [-0.05, 0) is 38.5 Å². The highest BCUT2D eigenvalue weighted by Gasteiger charge is 2.52. The van der Waals surface area contributed by atoms with Crippen LogP contribution in [-0.4, -0.2) is 76.0 Å². The number of nitrogens with zero attached hydrogens (tertiary/aromatic N) is 5. The number of benzene rings is 2. The molecular formula is C38H41Cl2N7O4. The quantitative estimate of drug-likeness (QED) is 0.173. The van der Waals surface area contributed by atoms with E-state index in [1.165, 1.54) is 0 Å². The van der Waals surface area contributed by atoms with Gasteiger partial charge in [-0.1, -0.05) is 59.6 Å². The molecule has 1 atom stereocenters. The summed E-state index contributed by atoms with van der Waals surface area (Å²) >= 11 is 14.2. The van der Waals surface area contributed by atoms with Crippen molar-refractivity contribution in [1.29, 1.82) is 0 Å². The van der Waals surface area contributed by atoms with Crippen molar-refractivity contribution in [3.8, 4) is 45.4 Å². The second kappa shape index (κ2) is 14.7. The predicted molar refractivity (Wildman–Crippen MR) is 196 cm³/mol. The smallest absolute Gasteiger partial charge is 0.237 e. The Morgan fingerprint density at radius 2 is 1.49 bits per heavy atom. The number of hydrogen-bond donors (Lipinski definition) is 2. The zero-order valence-corrected chi connectivity index (χ0v) is 30.5. The Kier molecular flexibility index (Phi) is 10.1. The fraction of sp³-hybridized carbons (Fsp3) is 0.421. The first-order valence-corrected chi connectivity index (χ1v) is 18.1. The highest BCUT2D eigenvalue weighted by Crippen LogP contribution is 2.48. The zero-order valence-electron chi connectivity index (χ0n) is 29.0. The monoisotopic (exact) mass is 729 g/mol. The lowest BCUT2D eigenvalue weighted by atomic mass is 9.60. The second-order valence-electron chi connectivity index (χ2n) is 13.8. The first kappa shape index (κ1) is 35.1. The Morgan fingerprint density at radius 1 is 0.922 bits per heavy atom. The Hall–Kier alpha value is -4.32. The molecule has 2 aromatic heterocycles. The van der Waals surface area contributed by atoms with Crippen molar-refractivity contribution in [1.82, 2.24) is 35.5 Å². The number of likely N-dealkylation sites (tertiary alicyclic amines) is 1. The van der Waals surface area contributed by atoms with E-state index >= 15 is 0 Å². The van der Waals surface area contributed by atoms with E-state index in [9.17, 15) is 9.59 Å². The van der Waals surface area contributed by atoms with Gasteiger partial charge in [0.05, 0.1) is 48.0 Å². The van der Waals surface area contributed by atoms with Crippen molar-refractivity contribution in [2.75, 3.05) is 27.3 Å². The van der Waals surface area contributed by atoms with E-state index in [2.05, 4.69) is 10.6 Å². The van der Waals surface area contributed by atoms with E-state index in [0.717, 1.165) is 62.0 Å². The standard InChI is InChI=1S/C38H41Cl2N7O4/c1-22(48)47-20-38(21-47)15-24(16-38)41-19-32-37(51-3)46-31(18-43-32)28-11-6-9-26(35(28)40)25-8-5-10-27(34(25)39)30-17-42-29(36(45-30)50-2)12-4-7-23-13-14-33(49)44-23/h5-6,8-11,17-18,23-24,41H,4,7,12-16,19-21H2,1-3H3,(H,44,49)/t23-/m0/s1. The molecule has 0 unspecified atom stereocenters. The minimum absolute atomic E-state index is 0.122. The molecule has 2 aliphatic heterocycles. The highest BCUT2D eigenvalue weighted by atomic mass is 35.5. The summed E-state index contributed by atoms with van der Waals surface area (Å²) in [5, 5.41) is 7.56. The molecule has 2 saturated heterocycles. The van der Waals surface area contributed by atoms with Crippen molar-refractivity contribution in [3.63, 3.8) is 0 Å². The van der Waals surface area contributed by atoms with Gasteiger partial charge in [0.2, 0.25) is 23.6 Å². The van der Waals surface area contributed by atoms with Crippen molar-refractivity contribution < 1.29 is 19.1 Å². The first-order chi connectivity index (χ1) is 24.7. The van der Waals surface area contributed by atoms with Gasteiger partial charge in [-0.25, -0.2) is 9.97 Å². The summed E-state index contributed by atoms with van der Waals surface area (Å²) in [6, 6.07) is 12.1. The van der Waals surface area contributed by atoms with Gasteiger partial charge in [-0.3, -0.25) is 19.6 Å². The Morgan fingerprint density at radius 3 is 2.04 bits per heavy atom. The molecule has 1 aliphatic carbocycles. The number of hydrogen-bond acceptors (Lipinski definition) is 9. The molecule has 11 nitrogen and oxygen atoms in total. The van der Waals surface area contributed by atoms with Gasteiger partial charge in [0.1, 0.15) is 11.4 Å². The fourth-order valence-electron chi connectivity index (χ4n) is 7.57. The number of aromatic nitrogens is 4. The lowest BCUT2D eigenvalue weighted by Gasteiger charge is -2.59. The van der Waals surface area contributed by atoms with Crippen LogP contribution in [0.1, 0.15) is 56.8 Å². The van der Waals surface area contributed by atoms with E-state index < -0.39 is 0 Å². The number of nitrogens with one attached hydrogen (secondary N) is 2. The molecule has 2 amide bonds. The number of halogens is 2. The fourth-order valence-corrected chi connectivity index (χ4v) is 8.22. The topological polar surface area (TPSA) is 131 Å². The van der Waals surface area contributed by atoms with Gasteiger partial charge in [-0.2, -0.15) is 0 Å². The maximum absolute atomic E-state index is 11.6. The average molecular weight is 731 g/mol. The van der Waals surface area contributed by atoms with Gasteiger partial charge < -0.3 is 25.0 Å². The lowest BCUT2D eigenvalue weighted by molar-refractivity contribution is -0.149. The number of carbonyl (C=O) groups excluding carboxylic acids is 2. The molecule has 4 heterocycles. The summed E-state index contributed by atoms with van der Waals surface area (Å²) < 4.78 is 11.3. The van der Waals surface area contributed by atoms with E-state index in [1.807, 2.05) is 41.3 Å². The number of amides is 2. The molecule has 266 valence electrons. The molecule has 51 heavy (non-hydrogen) atoms. The molecule has 7 rings (SSSR count). The van der Waals surface area contributed by atoms with Crippen LogP contribution in [0.25, 0.3) is 33.6 Å². The van der Waals surface area contributed by atoms with Crippen molar-refractivity contribution in [2.24, 2.45) is 5.41 Å². The number of methoxy groups -OCH3 is 2. The third kappa shape index (κ3) is 7.24. The summed E-state index contributed by atoms with van der Waals surface area (Å²) in [6.07, 6.45) is 9.43. The van der Waals surface area contributed by atoms with Crippen molar-refractivity contribution in [3.05, 3.63) is 70.2 Å². The maximum atomic E-state index is 11.6. The number of carbonyl (C=O) groups is 2. The van der Waals surface area contributed by atoms with Gasteiger partial charge in [0.25, 0.3) is 0 Å². The van der Waals surface area contributed by atoms with Crippen LogP contribution in [0.5, 0.6) is 11.8 Å². The lowest BCUT2D eigenvalue weighted by Crippen LogP contribution is -2.66. The van der Waals surface area contributed by atoms with Crippen LogP contribution in [0, 0.1) is 5.41 Å². The summed E-state index contributed by atoms with van der Waals surface area (Å²) in [5.41, 5.74) is 5.79. The molecule has 2 N–H and O–H groups in total. The molecule has 0 radical (unpaired) electrons. The van der Waals surface area contributed by atoms with Crippen LogP contribution in [-0.2, 0) is 22.6 Å². The summed E-state index contributed by atoms with van der Waals surface area (Å²) in [4.78, 5) is 44.0. The van der Waals surface area contributed by atoms with E-state index in [4.69, 9.17) is 52.6 Å². The zero-order chi connectivity index (χ0) is 35.7. The van der Waals surface area contributed by atoms with Gasteiger partial charge >= 0.3 is 0 Å². The van der Waals surface area contributed by atoms with Crippen LogP contribution >= 0.6 is 23.2 Å². The molecule has 3 fully saturated rings. The molecule has 1 spiro atoms. The third-order valence-corrected chi connectivity index (χ3v) is 11.1. The normalized spacial score (nSPS) is 17.9. The highest BCUT2D eigenvalue weighted by molar-refractivity contribution is 6.39. The second-order valence-corrected chi connectivity index (χ2v) is 14.6. The summed E-state index contributed by atoms with van der Waals surface area (Å²) in [6.45, 7) is 3.87. The number of ether oxygens (including phenoxy) is 2. The van der Waals surface area contributed by atoms with E-state index in [1.54, 1.807) is 33.5 Å². The molecule has 13 heteroatoms. The summed E-state index contributed by atoms with van der Waals surface area (Å²) in [7, 11) is 3.17. The molecule has 3 aliphatic rings. The maximum Gasteiger partial charge on any atom is 0.237 e. The largest absolute Gasteiger partial charge is 0.480 e. The SMILES string of the molecule is COc1nc(-c2cccc(-c3cccc(-c4cnc(CNC5CC6(C5)CN(C(C)=O)C6)c(OC)n4)c3Cl)c2Cl)cnc1CCC[C@H]1CCC(=O)N1. The Balaban J connectivity index is 1.05. The van der Waals surface area contributed by atoms with E-state index in [-0.39, 0.29) is 23.3 Å². The first-order valence-electron chi connectivity index (χ1n) is 17.3. The summed E-state index contributed by atoms with van der Waals surface area (Å²) in [5.74, 6) is 1.16. The van der Waals surface area contributed by atoms with E-state index in [0.29, 0.717) is 75.4 Å². The van der Waals surface area contributed by atoms with Crippen LogP contribution < -0.4 is 20.1 Å². The molecule has 2 aromatic carbocycles. The molecule has 1 saturated carbocycles. The Labute approximate surface area is 307 Å². The number of rotatable bonds is 12. The predicted octanol–water partition coefficient (Wildman–Crippen LogP) is 6.29. The number of aryl methyl sites for hydroxylation is 1. The molecular weight excluding hydrogens is 689 g/mol. The van der Waals surface area contributed by atoms with Crippen LogP contribution in [0.3, 0.4) is 0 Å². The van der Waals surface area contributed by atoms with Gasteiger partial charge in [0.15, 0.2) is 0 Å². The average Bonchev–Trinajstić information content (AvgIpc) is 3.51. The minimum Gasteiger partial charge on any atom is -0.480 e. The molecule has 4 aromatic rings. The van der Waals surface area contributed by atoms with Crippen LogP contribution in [0.4, 0.5) is 0 Å².